The summed E-state index contributed by atoms with van der Waals surface area (Å²) in [7, 11) is 6.28. The molecule has 0 aromatic carbocycles. The first-order valence-electron chi connectivity index (χ1n) is 8.28. The topological polar surface area (TPSA) is 39.7 Å². The molecule has 2 N–H and O–H groups in total. The van der Waals surface area contributed by atoms with E-state index in [-0.39, 0.29) is 29.5 Å². The molecule has 2 aliphatic rings. The Kier molecular flexibility index (Phi) is 8.85. The molecule has 0 bridgehead atoms. The maximum Gasteiger partial charge on any atom is 0.191 e. The van der Waals surface area contributed by atoms with E-state index in [9.17, 15) is 0 Å². The van der Waals surface area contributed by atoms with Crippen molar-refractivity contribution in [1.82, 2.24) is 15.5 Å². The molecule has 1 aliphatic carbocycles. The number of guanidine groups is 1. The van der Waals surface area contributed by atoms with Crippen molar-refractivity contribution >= 4 is 41.7 Å². The molecule has 0 spiro atoms. The molecular weight excluding hydrogens is 407 g/mol. The van der Waals surface area contributed by atoms with E-state index >= 15 is 0 Å². The minimum atomic E-state index is 0. The van der Waals surface area contributed by atoms with Gasteiger partial charge >= 0.3 is 0 Å². The second kappa shape index (κ2) is 9.57. The average Bonchev–Trinajstić information content (AvgIpc) is 2.93. The molecule has 3 unspecified atom stereocenters. The van der Waals surface area contributed by atoms with Crippen LogP contribution in [0.1, 0.15) is 39.0 Å². The van der Waals surface area contributed by atoms with Gasteiger partial charge in [0.05, 0.1) is 0 Å². The lowest BCUT2D eigenvalue weighted by Crippen LogP contribution is -2.55. The van der Waals surface area contributed by atoms with E-state index in [0.29, 0.717) is 6.04 Å². The van der Waals surface area contributed by atoms with Crippen LogP contribution in [0.25, 0.3) is 0 Å². The van der Waals surface area contributed by atoms with Crippen molar-refractivity contribution in [2.45, 2.75) is 50.6 Å². The summed E-state index contributed by atoms with van der Waals surface area (Å²) in [6.07, 6.45) is 6.53. The van der Waals surface area contributed by atoms with Crippen molar-refractivity contribution in [3.8, 4) is 0 Å². The number of hydrogen-bond donors (Lipinski definition) is 2. The number of hydrogen-bond acceptors (Lipinski definition) is 3. The van der Waals surface area contributed by atoms with E-state index < -0.39 is 0 Å². The molecule has 0 aromatic heterocycles. The molecule has 6 heteroatoms. The van der Waals surface area contributed by atoms with Gasteiger partial charge in [-0.2, -0.15) is 11.8 Å². The maximum absolute atomic E-state index is 4.43. The largest absolute Gasteiger partial charge is 0.355 e. The highest BCUT2D eigenvalue weighted by Gasteiger charge is 2.36. The lowest BCUT2D eigenvalue weighted by molar-refractivity contribution is 0.182. The normalized spacial score (nSPS) is 32.7. The second-order valence-electron chi connectivity index (χ2n) is 6.96. The van der Waals surface area contributed by atoms with E-state index in [4.69, 9.17) is 0 Å². The van der Waals surface area contributed by atoms with Gasteiger partial charge < -0.3 is 15.5 Å². The quantitative estimate of drug-likeness (QED) is 0.401. The highest BCUT2D eigenvalue weighted by atomic mass is 127. The van der Waals surface area contributed by atoms with Crippen LogP contribution in [0.3, 0.4) is 0 Å². The van der Waals surface area contributed by atoms with E-state index in [2.05, 4.69) is 53.3 Å². The van der Waals surface area contributed by atoms with Crippen molar-refractivity contribution in [1.29, 1.82) is 0 Å². The van der Waals surface area contributed by atoms with Crippen LogP contribution in [0.4, 0.5) is 0 Å². The monoisotopic (exact) mass is 440 g/mol. The van der Waals surface area contributed by atoms with E-state index in [0.717, 1.165) is 18.4 Å². The van der Waals surface area contributed by atoms with Crippen molar-refractivity contribution in [3.63, 3.8) is 0 Å². The number of rotatable bonds is 4. The van der Waals surface area contributed by atoms with Crippen LogP contribution in [-0.4, -0.2) is 61.6 Å². The van der Waals surface area contributed by atoms with Gasteiger partial charge in [-0.3, -0.25) is 4.99 Å². The maximum atomic E-state index is 4.43. The fourth-order valence-corrected chi connectivity index (χ4v) is 5.00. The van der Waals surface area contributed by atoms with E-state index in [1.807, 2.05) is 7.05 Å². The Balaban J connectivity index is 0.00000242. The van der Waals surface area contributed by atoms with Crippen molar-refractivity contribution in [3.05, 3.63) is 0 Å². The Hall–Kier alpha value is 0.310. The minimum absolute atomic E-state index is 0. The zero-order valence-electron chi connectivity index (χ0n) is 14.5. The van der Waals surface area contributed by atoms with Crippen molar-refractivity contribution in [2.24, 2.45) is 10.9 Å². The standard InChI is InChI=1S/C16H32N4S.HI/c1-13-6-5-7-14(10-13)19-15(17-2)18-11-16(20(3)4)8-9-21-12-16;/h13-14H,5-12H2,1-4H3,(H2,17,18,19);1H. The lowest BCUT2D eigenvalue weighted by Gasteiger charge is -2.37. The van der Waals surface area contributed by atoms with Crippen LogP contribution >= 0.6 is 35.7 Å². The summed E-state index contributed by atoms with van der Waals surface area (Å²) >= 11 is 2.06. The Labute approximate surface area is 157 Å². The number of likely N-dealkylation sites (N-methyl/N-ethyl adjacent to an activating group) is 1. The van der Waals surface area contributed by atoms with Crippen molar-refractivity contribution in [2.75, 3.05) is 39.2 Å². The molecule has 3 atom stereocenters. The molecule has 1 heterocycles. The highest BCUT2D eigenvalue weighted by molar-refractivity contribution is 14.0. The van der Waals surface area contributed by atoms with Gasteiger partial charge in [-0.05, 0) is 45.0 Å². The first-order chi connectivity index (χ1) is 10.1. The number of nitrogens with zero attached hydrogens (tertiary/aromatic N) is 2. The van der Waals surface area contributed by atoms with Gasteiger partial charge in [0.1, 0.15) is 0 Å². The molecule has 22 heavy (non-hydrogen) atoms. The van der Waals surface area contributed by atoms with Gasteiger partial charge in [0.25, 0.3) is 0 Å². The SMILES string of the molecule is CN=C(NCC1(N(C)C)CCSC1)NC1CCCC(C)C1.I. The zero-order chi connectivity index (χ0) is 15.3. The third-order valence-corrected chi connectivity index (χ3v) is 6.35. The molecule has 0 aromatic rings. The lowest BCUT2D eigenvalue weighted by atomic mass is 9.87. The third kappa shape index (κ3) is 5.44. The van der Waals surface area contributed by atoms with Gasteiger partial charge in [-0.25, -0.2) is 0 Å². The Morgan fingerprint density at radius 3 is 2.68 bits per heavy atom. The summed E-state index contributed by atoms with van der Waals surface area (Å²) < 4.78 is 0. The van der Waals surface area contributed by atoms with Crippen LogP contribution < -0.4 is 10.6 Å². The molecule has 4 nitrogen and oxygen atoms in total. The molecule has 1 saturated heterocycles. The van der Waals surface area contributed by atoms with Gasteiger partial charge in [-0.1, -0.05) is 19.8 Å². The fourth-order valence-electron chi connectivity index (χ4n) is 3.45. The smallest absolute Gasteiger partial charge is 0.191 e. The number of thioether (sulfide) groups is 1. The van der Waals surface area contributed by atoms with E-state index in [1.165, 1.54) is 43.6 Å². The first-order valence-corrected chi connectivity index (χ1v) is 9.43. The molecular formula is C16H33IN4S. The number of aliphatic imine (C=N–C) groups is 1. The van der Waals surface area contributed by atoms with E-state index in [1.54, 1.807) is 0 Å². The Morgan fingerprint density at radius 2 is 2.14 bits per heavy atom. The summed E-state index contributed by atoms with van der Waals surface area (Å²) in [6.45, 7) is 3.34. The third-order valence-electron chi connectivity index (χ3n) is 5.12. The summed E-state index contributed by atoms with van der Waals surface area (Å²) in [4.78, 5) is 6.81. The second-order valence-corrected chi connectivity index (χ2v) is 8.07. The molecule has 2 fully saturated rings. The minimum Gasteiger partial charge on any atom is -0.355 e. The summed E-state index contributed by atoms with van der Waals surface area (Å²) in [5.41, 5.74) is 0.280. The highest BCUT2D eigenvalue weighted by Crippen LogP contribution is 2.31. The number of nitrogens with one attached hydrogen (secondary N) is 2. The molecule has 0 amide bonds. The first kappa shape index (κ1) is 20.4. The molecule has 130 valence electrons. The summed E-state index contributed by atoms with van der Waals surface area (Å²) in [5, 5.41) is 7.21. The molecule has 1 saturated carbocycles. The van der Waals surface area contributed by atoms with Crippen LogP contribution in [0.2, 0.25) is 0 Å². The molecule has 0 radical (unpaired) electrons. The molecule has 2 rings (SSSR count). The van der Waals surface area contributed by atoms with Gasteiger partial charge in [0.2, 0.25) is 0 Å². The van der Waals surface area contributed by atoms with Crippen LogP contribution in [0.15, 0.2) is 4.99 Å². The van der Waals surface area contributed by atoms with Crippen molar-refractivity contribution < 1.29 is 0 Å². The zero-order valence-corrected chi connectivity index (χ0v) is 17.7. The Bertz CT molecular complexity index is 356. The van der Waals surface area contributed by atoms with Gasteiger partial charge in [0, 0.05) is 30.9 Å². The van der Waals surface area contributed by atoms with Crippen LogP contribution in [0, 0.1) is 5.92 Å². The van der Waals surface area contributed by atoms with Gasteiger partial charge in [-0.15, -0.1) is 24.0 Å². The van der Waals surface area contributed by atoms with Crippen LogP contribution in [-0.2, 0) is 0 Å². The summed E-state index contributed by atoms with van der Waals surface area (Å²) in [6, 6.07) is 0.591. The Morgan fingerprint density at radius 1 is 1.36 bits per heavy atom. The predicted molar refractivity (Wildman–Crippen MR) is 110 cm³/mol. The molecule has 1 aliphatic heterocycles. The summed E-state index contributed by atoms with van der Waals surface area (Å²) in [5.74, 6) is 4.30. The fraction of sp³-hybridized carbons (Fsp3) is 0.938. The van der Waals surface area contributed by atoms with Crippen LogP contribution in [0.5, 0.6) is 0 Å². The van der Waals surface area contributed by atoms with Gasteiger partial charge in [0.15, 0.2) is 5.96 Å². The number of halogens is 1. The predicted octanol–water partition coefficient (Wildman–Crippen LogP) is 2.79. The average molecular weight is 440 g/mol.